The molecular formula is C16H22O. The van der Waals surface area contributed by atoms with Gasteiger partial charge in [0.1, 0.15) is 0 Å². The molecule has 0 heterocycles. The molecule has 0 fully saturated rings. The Morgan fingerprint density at radius 1 is 1.24 bits per heavy atom. The number of hydrogen-bond donors (Lipinski definition) is 0. The molecule has 1 aliphatic rings. The number of fused-ring (bicyclic) bond motifs is 1. The largest absolute Gasteiger partial charge is 0.294 e. The molecule has 1 aromatic rings. The molecule has 0 saturated heterocycles. The summed E-state index contributed by atoms with van der Waals surface area (Å²) in [6.45, 7) is 6.70. The topological polar surface area (TPSA) is 17.1 Å². The van der Waals surface area contributed by atoms with Crippen molar-refractivity contribution in [3.8, 4) is 0 Å². The van der Waals surface area contributed by atoms with E-state index in [0.717, 1.165) is 37.2 Å². The lowest BCUT2D eigenvalue weighted by Gasteiger charge is -2.21. The Hall–Kier alpha value is -1.11. The van der Waals surface area contributed by atoms with Crippen molar-refractivity contribution in [3.05, 3.63) is 34.4 Å². The molecule has 0 spiro atoms. The molecule has 1 heteroatoms. The molecular weight excluding hydrogens is 208 g/mol. The molecule has 0 N–H and O–H groups in total. The van der Waals surface area contributed by atoms with Crippen LogP contribution in [-0.2, 0) is 12.8 Å². The van der Waals surface area contributed by atoms with Crippen LogP contribution >= 0.6 is 0 Å². The van der Waals surface area contributed by atoms with E-state index in [1.165, 1.54) is 23.1 Å². The van der Waals surface area contributed by atoms with Crippen LogP contribution in [0.15, 0.2) is 12.1 Å². The maximum Gasteiger partial charge on any atom is 0.163 e. The molecule has 92 valence electrons. The summed E-state index contributed by atoms with van der Waals surface area (Å²) >= 11 is 0. The number of benzene rings is 1. The molecule has 2 rings (SSSR count). The highest BCUT2D eigenvalue weighted by Gasteiger charge is 2.20. The average molecular weight is 230 g/mol. The summed E-state index contributed by atoms with van der Waals surface area (Å²) in [6, 6.07) is 4.16. The van der Waals surface area contributed by atoms with E-state index in [4.69, 9.17) is 0 Å². The Morgan fingerprint density at radius 3 is 2.71 bits per heavy atom. The Kier molecular flexibility index (Phi) is 3.66. The van der Waals surface area contributed by atoms with E-state index in [2.05, 4.69) is 26.8 Å². The van der Waals surface area contributed by atoms with Crippen LogP contribution in [-0.4, -0.2) is 5.78 Å². The van der Waals surface area contributed by atoms with Gasteiger partial charge in [0.25, 0.3) is 0 Å². The van der Waals surface area contributed by atoms with Crippen molar-refractivity contribution in [1.82, 2.24) is 0 Å². The standard InChI is InChI=1S/C16H22O/c1-11(2)7-9-13-12(3)8-10-15-14(13)5-4-6-16(15)17/h8,10-11H,4-7,9H2,1-3H3. The molecule has 0 radical (unpaired) electrons. The molecule has 0 saturated carbocycles. The number of carbonyl (C=O) groups is 1. The second-order valence-corrected chi connectivity index (χ2v) is 5.60. The molecule has 0 bridgehead atoms. The predicted octanol–water partition coefficient (Wildman–Crippen LogP) is 4.10. The average Bonchev–Trinajstić information content (AvgIpc) is 2.27. The molecule has 0 aromatic heterocycles. The summed E-state index contributed by atoms with van der Waals surface area (Å²) in [5, 5.41) is 0. The zero-order valence-corrected chi connectivity index (χ0v) is 11.2. The summed E-state index contributed by atoms with van der Waals surface area (Å²) < 4.78 is 0. The Morgan fingerprint density at radius 2 is 2.00 bits per heavy atom. The molecule has 0 atom stereocenters. The van der Waals surface area contributed by atoms with Crippen molar-refractivity contribution >= 4 is 5.78 Å². The van der Waals surface area contributed by atoms with E-state index < -0.39 is 0 Å². The molecule has 1 aliphatic carbocycles. The van der Waals surface area contributed by atoms with E-state index in [9.17, 15) is 4.79 Å². The van der Waals surface area contributed by atoms with E-state index >= 15 is 0 Å². The highest BCUT2D eigenvalue weighted by atomic mass is 16.1. The van der Waals surface area contributed by atoms with E-state index in [0.29, 0.717) is 5.78 Å². The van der Waals surface area contributed by atoms with Crippen molar-refractivity contribution in [2.45, 2.75) is 52.9 Å². The second kappa shape index (κ2) is 5.03. The Labute approximate surface area is 104 Å². The molecule has 0 unspecified atom stereocenters. The molecule has 17 heavy (non-hydrogen) atoms. The van der Waals surface area contributed by atoms with Gasteiger partial charge in [0.15, 0.2) is 5.78 Å². The zero-order chi connectivity index (χ0) is 12.4. The second-order valence-electron chi connectivity index (χ2n) is 5.60. The highest BCUT2D eigenvalue weighted by Crippen LogP contribution is 2.28. The lowest BCUT2D eigenvalue weighted by molar-refractivity contribution is 0.0972. The van der Waals surface area contributed by atoms with Gasteiger partial charge in [-0.15, -0.1) is 0 Å². The fraction of sp³-hybridized carbons (Fsp3) is 0.562. The van der Waals surface area contributed by atoms with Gasteiger partial charge in [0.05, 0.1) is 0 Å². The number of aryl methyl sites for hydroxylation is 1. The van der Waals surface area contributed by atoms with Crippen LogP contribution < -0.4 is 0 Å². The number of rotatable bonds is 3. The lowest BCUT2D eigenvalue weighted by Crippen LogP contribution is -2.14. The van der Waals surface area contributed by atoms with Crippen LogP contribution in [0, 0.1) is 12.8 Å². The summed E-state index contributed by atoms with van der Waals surface area (Å²) in [5.74, 6) is 1.07. The number of carbonyl (C=O) groups excluding carboxylic acids is 1. The van der Waals surface area contributed by atoms with Crippen molar-refractivity contribution in [2.75, 3.05) is 0 Å². The van der Waals surface area contributed by atoms with Crippen LogP contribution in [0.1, 0.15) is 60.2 Å². The minimum absolute atomic E-state index is 0.344. The molecule has 0 amide bonds. The minimum Gasteiger partial charge on any atom is -0.294 e. The first kappa shape index (κ1) is 12.3. The predicted molar refractivity (Wildman–Crippen MR) is 71.6 cm³/mol. The normalized spacial score (nSPS) is 15.2. The third kappa shape index (κ3) is 2.59. The van der Waals surface area contributed by atoms with Gasteiger partial charge in [-0.1, -0.05) is 26.0 Å². The maximum absolute atomic E-state index is 11.9. The summed E-state index contributed by atoms with van der Waals surface area (Å²) in [7, 11) is 0. The van der Waals surface area contributed by atoms with Crippen molar-refractivity contribution < 1.29 is 4.79 Å². The monoisotopic (exact) mass is 230 g/mol. The van der Waals surface area contributed by atoms with Crippen molar-refractivity contribution in [2.24, 2.45) is 5.92 Å². The van der Waals surface area contributed by atoms with Gasteiger partial charge in [-0.05, 0) is 55.2 Å². The van der Waals surface area contributed by atoms with Gasteiger partial charge in [-0.25, -0.2) is 0 Å². The highest BCUT2D eigenvalue weighted by molar-refractivity contribution is 5.98. The molecule has 1 aromatic carbocycles. The summed E-state index contributed by atoms with van der Waals surface area (Å²) in [6.07, 6.45) is 5.20. The van der Waals surface area contributed by atoms with E-state index in [-0.39, 0.29) is 0 Å². The van der Waals surface area contributed by atoms with E-state index in [1.54, 1.807) is 0 Å². The van der Waals surface area contributed by atoms with Crippen LogP contribution in [0.4, 0.5) is 0 Å². The van der Waals surface area contributed by atoms with Gasteiger partial charge in [0.2, 0.25) is 0 Å². The first-order valence-corrected chi connectivity index (χ1v) is 6.74. The first-order valence-electron chi connectivity index (χ1n) is 6.74. The fourth-order valence-corrected chi connectivity index (χ4v) is 2.70. The van der Waals surface area contributed by atoms with Crippen LogP contribution in [0.3, 0.4) is 0 Å². The summed E-state index contributed by atoms with van der Waals surface area (Å²) in [4.78, 5) is 11.9. The van der Waals surface area contributed by atoms with Crippen LogP contribution in [0.2, 0.25) is 0 Å². The number of Topliss-reactive ketones (excluding diaryl/α,β-unsaturated/α-hetero) is 1. The zero-order valence-electron chi connectivity index (χ0n) is 11.2. The number of hydrogen-bond acceptors (Lipinski definition) is 1. The molecule has 0 aliphatic heterocycles. The van der Waals surface area contributed by atoms with Gasteiger partial charge in [-0.3, -0.25) is 4.79 Å². The quantitative estimate of drug-likeness (QED) is 0.764. The fourth-order valence-electron chi connectivity index (χ4n) is 2.70. The lowest BCUT2D eigenvalue weighted by atomic mass is 9.83. The van der Waals surface area contributed by atoms with Crippen LogP contribution in [0.5, 0.6) is 0 Å². The Bertz CT molecular complexity index is 429. The number of ketones is 1. The van der Waals surface area contributed by atoms with Crippen LogP contribution in [0.25, 0.3) is 0 Å². The SMILES string of the molecule is Cc1ccc2c(c1CCC(C)C)CCCC2=O. The third-order valence-corrected chi connectivity index (χ3v) is 3.77. The first-order chi connectivity index (χ1) is 8.09. The maximum atomic E-state index is 11.9. The minimum atomic E-state index is 0.344. The van der Waals surface area contributed by atoms with Crippen molar-refractivity contribution in [1.29, 1.82) is 0 Å². The smallest absolute Gasteiger partial charge is 0.163 e. The van der Waals surface area contributed by atoms with Gasteiger partial charge in [-0.2, -0.15) is 0 Å². The Balaban J connectivity index is 2.36. The third-order valence-electron chi connectivity index (χ3n) is 3.77. The van der Waals surface area contributed by atoms with Crippen molar-refractivity contribution in [3.63, 3.8) is 0 Å². The van der Waals surface area contributed by atoms with E-state index in [1.807, 2.05) is 6.07 Å². The van der Waals surface area contributed by atoms with Gasteiger partial charge < -0.3 is 0 Å². The van der Waals surface area contributed by atoms with Gasteiger partial charge >= 0.3 is 0 Å². The summed E-state index contributed by atoms with van der Waals surface area (Å²) in [5.41, 5.74) is 5.16. The van der Waals surface area contributed by atoms with Gasteiger partial charge in [0, 0.05) is 12.0 Å². The molecule has 1 nitrogen and oxygen atoms in total.